The summed E-state index contributed by atoms with van der Waals surface area (Å²) in [4.78, 5) is 13.3. The molecule has 1 atom stereocenters. The van der Waals surface area contributed by atoms with E-state index in [1.165, 1.54) is 0 Å². The minimum Gasteiger partial charge on any atom is -0.458 e. The van der Waals surface area contributed by atoms with Gasteiger partial charge in [0, 0.05) is 6.42 Å². The number of hydrogen-bond acceptors (Lipinski definition) is 6. The lowest BCUT2D eigenvalue weighted by Crippen LogP contribution is -2.50. The Morgan fingerprint density at radius 2 is 1.83 bits per heavy atom. The van der Waals surface area contributed by atoms with Gasteiger partial charge in [0.25, 0.3) is 0 Å². The summed E-state index contributed by atoms with van der Waals surface area (Å²) in [5.41, 5.74) is 15.3. The van der Waals surface area contributed by atoms with Gasteiger partial charge in [0.1, 0.15) is 22.7 Å². The Balaban J connectivity index is 2.08. The van der Waals surface area contributed by atoms with Crippen molar-refractivity contribution >= 4 is 11.7 Å². The fraction of sp³-hybridized carbons (Fsp3) is 0.375. The maximum absolute atomic E-state index is 13.3. The zero-order chi connectivity index (χ0) is 22.3. The van der Waals surface area contributed by atoms with Crippen LogP contribution in [0.1, 0.15) is 49.9 Å². The van der Waals surface area contributed by atoms with E-state index in [1.54, 1.807) is 13.0 Å². The van der Waals surface area contributed by atoms with Crippen molar-refractivity contribution in [1.29, 1.82) is 0 Å². The maximum atomic E-state index is 13.3. The highest BCUT2D eigenvalue weighted by atomic mass is 16.6. The van der Waals surface area contributed by atoms with E-state index in [1.807, 2.05) is 65.0 Å². The van der Waals surface area contributed by atoms with Crippen LogP contribution in [0.2, 0.25) is 0 Å². The van der Waals surface area contributed by atoms with Gasteiger partial charge in [0.05, 0.1) is 5.69 Å². The predicted octanol–water partition coefficient (Wildman–Crippen LogP) is 3.99. The summed E-state index contributed by atoms with van der Waals surface area (Å²) in [5.74, 6) is 1.17. The number of ether oxygens (including phenoxy) is 2. The number of hydrogen-bond donors (Lipinski definition) is 3. The highest BCUT2D eigenvalue weighted by molar-refractivity contribution is 5.84. The summed E-state index contributed by atoms with van der Waals surface area (Å²) >= 11 is 0. The van der Waals surface area contributed by atoms with Crippen molar-refractivity contribution in [2.45, 2.75) is 59.1 Å². The number of anilines is 1. The Morgan fingerprint density at radius 1 is 1.13 bits per heavy atom. The van der Waals surface area contributed by atoms with Crippen LogP contribution in [0.4, 0.5) is 5.69 Å². The molecule has 30 heavy (non-hydrogen) atoms. The maximum Gasteiger partial charge on any atom is 0.331 e. The standard InChI is InChI=1S/C24H31N3O3/c1-14-8-7-9-17(15(14)2)13-24(26,22(28)30-23(4,5)6)18-10-11-20-19(12-18)27-21(25)16(3)29-20/h7-12,27H,13,25-26H2,1-6H3. The summed E-state index contributed by atoms with van der Waals surface area (Å²) in [6, 6.07) is 11.4. The normalized spacial score (nSPS) is 15.6. The van der Waals surface area contributed by atoms with Crippen molar-refractivity contribution in [1.82, 2.24) is 0 Å². The van der Waals surface area contributed by atoms with E-state index >= 15 is 0 Å². The molecule has 2 aromatic rings. The molecule has 0 aromatic heterocycles. The molecule has 1 aliphatic heterocycles. The molecule has 1 unspecified atom stereocenters. The second kappa shape index (κ2) is 7.69. The molecule has 0 bridgehead atoms. The van der Waals surface area contributed by atoms with Gasteiger partial charge in [-0.3, -0.25) is 0 Å². The van der Waals surface area contributed by atoms with Gasteiger partial charge in [-0.15, -0.1) is 0 Å². The van der Waals surface area contributed by atoms with Gasteiger partial charge in [0.15, 0.2) is 5.75 Å². The van der Waals surface area contributed by atoms with Crippen molar-refractivity contribution in [2.24, 2.45) is 11.5 Å². The summed E-state index contributed by atoms with van der Waals surface area (Å²) in [6.45, 7) is 11.4. The Morgan fingerprint density at radius 3 is 2.50 bits per heavy atom. The Bertz CT molecular complexity index is 1020. The molecule has 0 radical (unpaired) electrons. The van der Waals surface area contributed by atoms with Crippen LogP contribution >= 0.6 is 0 Å². The lowest BCUT2D eigenvalue weighted by atomic mass is 9.82. The van der Waals surface area contributed by atoms with Gasteiger partial charge in [0.2, 0.25) is 0 Å². The fourth-order valence-electron chi connectivity index (χ4n) is 3.41. The van der Waals surface area contributed by atoms with Crippen LogP contribution in [-0.4, -0.2) is 11.6 Å². The Kier molecular flexibility index (Phi) is 5.56. The van der Waals surface area contributed by atoms with Crippen molar-refractivity contribution < 1.29 is 14.3 Å². The number of rotatable bonds is 4. The molecule has 3 rings (SSSR count). The quantitative estimate of drug-likeness (QED) is 0.660. The molecule has 1 heterocycles. The van der Waals surface area contributed by atoms with Crippen LogP contribution in [0.5, 0.6) is 5.75 Å². The molecule has 0 amide bonds. The van der Waals surface area contributed by atoms with Gasteiger partial charge >= 0.3 is 5.97 Å². The smallest absolute Gasteiger partial charge is 0.331 e. The minimum atomic E-state index is -1.38. The summed E-state index contributed by atoms with van der Waals surface area (Å²) in [5, 5.41) is 3.12. The van der Waals surface area contributed by atoms with Gasteiger partial charge in [-0.05, 0) is 75.9 Å². The zero-order valence-electron chi connectivity index (χ0n) is 18.6. The van der Waals surface area contributed by atoms with Crippen molar-refractivity contribution in [3.8, 4) is 5.75 Å². The predicted molar refractivity (Wildman–Crippen MR) is 119 cm³/mol. The average molecular weight is 410 g/mol. The van der Waals surface area contributed by atoms with Gasteiger partial charge in [-0.25, -0.2) is 4.79 Å². The summed E-state index contributed by atoms with van der Waals surface area (Å²) in [7, 11) is 0. The number of carbonyl (C=O) groups is 1. The van der Waals surface area contributed by atoms with E-state index in [-0.39, 0.29) is 0 Å². The fourth-order valence-corrected chi connectivity index (χ4v) is 3.41. The molecule has 1 aliphatic rings. The van der Waals surface area contributed by atoms with Gasteiger partial charge in [-0.2, -0.15) is 0 Å². The minimum absolute atomic E-state index is 0.305. The van der Waals surface area contributed by atoms with E-state index in [2.05, 4.69) is 5.32 Å². The van der Waals surface area contributed by atoms with Crippen LogP contribution in [0, 0.1) is 13.8 Å². The third-order valence-corrected chi connectivity index (χ3v) is 5.36. The number of nitrogens with one attached hydrogen (secondary N) is 1. The molecule has 2 aromatic carbocycles. The molecular weight excluding hydrogens is 378 g/mol. The molecule has 0 saturated carbocycles. The largest absolute Gasteiger partial charge is 0.458 e. The van der Waals surface area contributed by atoms with E-state index in [0.29, 0.717) is 35.0 Å². The van der Waals surface area contributed by atoms with E-state index < -0.39 is 17.1 Å². The zero-order valence-corrected chi connectivity index (χ0v) is 18.6. The number of benzene rings is 2. The van der Waals surface area contributed by atoms with Crippen LogP contribution in [0.25, 0.3) is 0 Å². The highest BCUT2D eigenvalue weighted by Crippen LogP contribution is 2.37. The second-order valence-electron chi connectivity index (χ2n) is 8.92. The number of allylic oxidation sites excluding steroid dienone is 1. The molecule has 6 nitrogen and oxygen atoms in total. The van der Waals surface area contributed by atoms with E-state index in [4.69, 9.17) is 20.9 Å². The first-order valence-corrected chi connectivity index (χ1v) is 10.0. The van der Waals surface area contributed by atoms with Crippen molar-refractivity contribution in [3.63, 3.8) is 0 Å². The molecule has 6 heteroatoms. The molecule has 5 N–H and O–H groups in total. The summed E-state index contributed by atoms with van der Waals surface area (Å²) in [6.07, 6.45) is 0.305. The third kappa shape index (κ3) is 4.28. The molecule has 160 valence electrons. The Hall–Kier alpha value is -2.99. The van der Waals surface area contributed by atoms with Gasteiger partial charge in [-0.1, -0.05) is 24.3 Å². The lowest BCUT2D eigenvalue weighted by Gasteiger charge is -2.33. The third-order valence-electron chi connectivity index (χ3n) is 5.36. The van der Waals surface area contributed by atoms with Crippen LogP contribution < -0.4 is 21.5 Å². The Labute approximate surface area is 178 Å². The van der Waals surface area contributed by atoms with Gasteiger partial charge < -0.3 is 26.3 Å². The monoisotopic (exact) mass is 409 g/mol. The number of aryl methyl sites for hydroxylation is 1. The molecule has 0 saturated heterocycles. The lowest BCUT2D eigenvalue weighted by molar-refractivity contribution is -0.162. The number of esters is 1. The average Bonchev–Trinajstić information content (AvgIpc) is 2.64. The SMILES string of the molecule is CC1=C(N)Nc2cc(C(N)(Cc3cccc(C)c3C)C(=O)OC(C)(C)C)ccc2O1. The summed E-state index contributed by atoms with van der Waals surface area (Å²) < 4.78 is 11.5. The van der Waals surface area contributed by atoms with Crippen molar-refractivity contribution in [3.05, 3.63) is 70.2 Å². The van der Waals surface area contributed by atoms with E-state index in [9.17, 15) is 4.79 Å². The number of fused-ring (bicyclic) bond motifs is 1. The second-order valence-corrected chi connectivity index (χ2v) is 8.92. The number of nitrogens with two attached hydrogens (primary N) is 2. The van der Waals surface area contributed by atoms with E-state index in [0.717, 1.165) is 16.7 Å². The van der Waals surface area contributed by atoms with Crippen LogP contribution in [0.15, 0.2) is 48.0 Å². The van der Waals surface area contributed by atoms with Crippen LogP contribution in [0.3, 0.4) is 0 Å². The first-order chi connectivity index (χ1) is 13.9. The highest BCUT2D eigenvalue weighted by Gasteiger charge is 2.41. The molecular formula is C24H31N3O3. The molecule has 0 spiro atoms. The van der Waals surface area contributed by atoms with Crippen LogP contribution in [-0.2, 0) is 21.5 Å². The topological polar surface area (TPSA) is 99.6 Å². The first-order valence-electron chi connectivity index (χ1n) is 10.0. The molecule has 0 aliphatic carbocycles. The molecule has 0 fully saturated rings. The first kappa shape index (κ1) is 21.7. The number of carbonyl (C=O) groups excluding carboxylic acids is 1. The van der Waals surface area contributed by atoms with Crippen molar-refractivity contribution in [2.75, 3.05) is 5.32 Å².